The van der Waals surface area contributed by atoms with Crippen molar-refractivity contribution in [1.29, 1.82) is 0 Å². The van der Waals surface area contributed by atoms with E-state index in [0.29, 0.717) is 13.2 Å². The normalized spacial score (nSPS) is 16.3. The second kappa shape index (κ2) is 9.98. The van der Waals surface area contributed by atoms with Crippen molar-refractivity contribution in [3.8, 4) is 16.5 Å². The molecule has 6 rings (SSSR count). The van der Waals surface area contributed by atoms with E-state index in [1.165, 1.54) is 33.8 Å². The Bertz CT molecular complexity index is 1410. The topological polar surface area (TPSA) is 55.7 Å². The van der Waals surface area contributed by atoms with Crippen molar-refractivity contribution in [2.75, 3.05) is 19.0 Å². The average Bonchev–Trinajstić information content (AvgIpc) is 3.52. The highest BCUT2D eigenvalue weighted by atomic mass is 32.1. The number of fused-ring (bicyclic) bond motifs is 5. The number of benzene rings is 2. The maximum Gasteiger partial charge on any atom is 0.322 e. The fourth-order valence-corrected chi connectivity index (χ4v) is 6.92. The number of aromatic nitrogens is 1. The van der Waals surface area contributed by atoms with E-state index >= 15 is 0 Å². The number of aryl methyl sites for hydroxylation is 1. The molecule has 2 amide bonds. The van der Waals surface area contributed by atoms with Crippen LogP contribution in [-0.4, -0.2) is 29.2 Å². The van der Waals surface area contributed by atoms with Crippen LogP contribution in [0.3, 0.4) is 0 Å². The van der Waals surface area contributed by atoms with Gasteiger partial charge in [0, 0.05) is 22.3 Å². The molecule has 0 radical (unpaired) electrons. The standard InChI is InChI=1S/C30H31N3O3S/c1-3-36-23-16-12-21(13-17-23)31-30(34)33-19-25-24-7-4-5-9-27(24)37-29(25)32-18-6-8-26(32)28(33)20-10-14-22(35-2)15-11-20/h6,8,10-18,28H,3-5,7,9,19H2,1-2H3,(H,31,34). The van der Waals surface area contributed by atoms with Gasteiger partial charge in [-0.25, -0.2) is 4.79 Å². The summed E-state index contributed by atoms with van der Waals surface area (Å²) in [5.41, 5.74) is 5.61. The van der Waals surface area contributed by atoms with E-state index in [2.05, 4.69) is 40.3 Å². The van der Waals surface area contributed by atoms with Crippen LogP contribution >= 0.6 is 11.3 Å². The van der Waals surface area contributed by atoms with E-state index in [1.54, 1.807) is 7.11 Å². The van der Waals surface area contributed by atoms with Crippen molar-refractivity contribution in [2.45, 2.75) is 45.2 Å². The zero-order valence-electron chi connectivity index (χ0n) is 21.2. The van der Waals surface area contributed by atoms with Gasteiger partial charge in [-0.3, -0.25) is 0 Å². The molecule has 190 valence electrons. The molecule has 0 saturated heterocycles. The van der Waals surface area contributed by atoms with Gasteiger partial charge in [0.2, 0.25) is 0 Å². The third-order valence-electron chi connectivity index (χ3n) is 7.29. The van der Waals surface area contributed by atoms with Crippen LogP contribution in [0.5, 0.6) is 11.5 Å². The molecule has 2 aromatic carbocycles. The zero-order valence-corrected chi connectivity index (χ0v) is 22.0. The van der Waals surface area contributed by atoms with E-state index < -0.39 is 0 Å². The quantitative estimate of drug-likeness (QED) is 0.314. The Morgan fingerprint density at radius 3 is 2.51 bits per heavy atom. The van der Waals surface area contributed by atoms with Crippen LogP contribution in [0.25, 0.3) is 5.00 Å². The summed E-state index contributed by atoms with van der Waals surface area (Å²) in [6, 6.07) is 19.5. The maximum atomic E-state index is 14.0. The molecule has 1 aliphatic heterocycles. The molecular weight excluding hydrogens is 482 g/mol. The number of amides is 2. The first-order chi connectivity index (χ1) is 18.2. The number of nitrogens with one attached hydrogen (secondary N) is 1. The molecule has 1 unspecified atom stereocenters. The van der Waals surface area contributed by atoms with Crippen LogP contribution in [-0.2, 0) is 19.4 Å². The molecule has 6 nitrogen and oxygen atoms in total. The number of methoxy groups -OCH3 is 1. The molecule has 0 spiro atoms. The van der Waals surface area contributed by atoms with Gasteiger partial charge in [0.1, 0.15) is 16.5 Å². The molecule has 2 aromatic heterocycles. The third kappa shape index (κ3) is 4.37. The highest BCUT2D eigenvalue weighted by Gasteiger charge is 2.36. The molecule has 1 aliphatic carbocycles. The predicted molar refractivity (Wildman–Crippen MR) is 147 cm³/mol. The van der Waals surface area contributed by atoms with Crippen molar-refractivity contribution in [2.24, 2.45) is 0 Å². The number of nitrogens with zero attached hydrogens (tertiary/aromatic N) is 2. The number of ether oxygens (including phenoxy) is 2. The minimum atomic E-state index is -0.248. The van der Waals surface area contributed by atoms with E-state index in [4.69, 9.17) is 9.47 Å². The Morgan fingerprint density at radius 1 is 1.00 bits per heavy atom. The van der Waals surface area contributed by atoms with Gasteiger partial charge in [0.05, 0.1) is 32.0 Å². The van der Waals surface area contributed by atoms with Crippen molar-refractivity contribution in [1.82, 2.24) is 9.47 Å². The highest BCUT2D eigenvalue weighted by Crippen LogP contribution is 2.44. The largest absolute Gasteiger partial charge is 0.497 e. The molecule has 1 N–H and O–H groups in total. The molecule has 1 atom stereocenters. The second-order valence-electron chi connectivity index (χ2n) is 9.49. The van der Waals surface area contributed by atoms with E-state index in [-0.39, 0.29) is 12.1 Å². The van der Waals surface area contributed by atoms with Crippen LogP contribution in [0.1, 0.15) is 53.1 Å². The number of rotatable bonds is 5. The summed E-state index contributed by atoms with van der Waals surface area (Å²) in [5.74, 6) is 1.59. The molecule has 7 heteroatoms. The van der Waals surface area contributed by atoms with Gasteiger partial charge in [-0.1, -0.05) is 12.1 Å². The smallest absolute Gasteiger partial charge is 0.322 e. The van der Waals surface area contributed by atoms with Crippen LogP contribution in [0.15, 0.2) is 66.9 Å². The fraction of sp³-hybridized carbons (Fsp3) is 0.300. The number of carbonyl (C=O) groups excluding carboxylic acids is 1. The SMILES string of the molecule is CCOc1ccc(NC(=O)N2Cc3c(sc4c3CCCC4)-n3cccc3C2c2ccc(OC)cc2)cc1. The van der Waals surface area contributed by atoms with Crippen molar-refractivity contribution in [3.05, 3.63) is 94.1 Å². The third-order valence-corrected chi connectivity index (χ3v) is 8.62. The van der Waals surface area contributed by atoms with Crippen LogP contribution < -0.4 is 14.8 Å². The molecule has 4 aromatic rings. The fourth-order valence-electron chi connectivity index (χ4n) is 5.52. The highest BCUT2D eigenvalue weighted by molar-refractivity contribution is 7.15. The zero-order chi connectivity index (χ0) is 25.4. The lowest BCUT2D eigenvalue weighted by Crippen LogP contribution is -2.38. The summed E-state index contributed by atoms with van der Waals surface area (Å²) in [4.78, 5) is 17.5. The summed E-state index contributed by atoms with van der Waals surface area (Å²) < 4.78 is 13.3. The molecular formula is C30H31N3O3S. The van der Waals surface area contributed by atoms with E-state index in [1.807, 2.05) is 59.6 Å². The van der Waals surface area contributed by atoms with Crippen LogP contribution in [0, 0.1) is 0 Å². The van der Waals surface area contributed by atoms with Crippen molar-refractivity contribution >= 4 is 23.1 Å². The van der Waals surface area contributed by atoms with Crippen LogP contribution in [0.2, 0.25) is 0 Å². The number of hydrogen-bond acceptors (Lipinski definition) is 4. The lowest BCUT2D eigenvalue weighted by molar-refractivity contribution is 0.194. The van der Waals surface area contributed by atoms with Gasteiger partial charge in [-0.15, -0.1) is 11.3 Å². The molecule has 3 heterocycles. The minimum Gasteiger partial charge on any atom is -0.497 e. The second-order valence-corrected chi connectivity index (χ2v) is 10.6. The molecule has 0 fully saturated rings. The number of anilines is 1. The molecule has 37 heavy (non-hydrogen) atoms. The first-order valence-electron chi connectivity index (χ1n) is 12.9. The summed E-state index contributed by atoms with van der Waals surface area (Å²) in [7, 11) is 1.67. The lowest BCUT2D eigenvalue weighted by Gasteiger charge is -2.31. The van der Waals surface area contributed by atoms with Crippen molar-refractivity contribution < 1.29 is 14.3 Å². The number of thiophene rings is 1. The Balaban J connectivity index is 1.43. The Morgan fingerprint density at radius 2 is 1.76 bits per heavy atom. The monoisotopic (exact) mass is 513 g/mol. The Hall–Kier alpha value is -3.71. The van der Waals surface area contributed by atoms with Gasteiger partial charge in [0.25, 0.3) is 0 Å². The number of urea groups is 1. The first kappa shape index (κ1) is 23.7. The number of carbonyl (C=O) groups is 1. The van der Waals surface area contributed by atoms with Crippen molar-refractivity contribution in [3.63, 3.8) is 0 Å². The summed E-state index contributed by atoms with van der Waals surface area (Å²) in [6.07, 6.45) is 6.79. The van der Waals surface area contributed by atoms with Gasteiger partial charge in [-0.05, 0) is 92.3 Å². The maximum absolute atomic E-state index is 14.0. The Labute approximate surface area is 221 Å². The molecule has 2 aliphatic rings. The van der Waals surface area contributed by atoms with Gasteiger partial charge < -0.3 is 24.3 Å². The van der Waals surface area contributed by atoms with E-state index in [0.717, 1.165) is 41.3 Å². The molecule has 0 saturated carbocycles. The predicted octanol–water partition coefficient (Wildman–Crippen LogP) is 6.96. The van der Waals surface area contributed by atoms with Gasteiger partial charge in [0.15, 0.2) is 0 Å². The summed E-state index contributed by atoms with van der Waals surface area (Å²) >= 11 is 1.90. The van der Waals surface area contributed by atoms with Gasteiger partial charge >= 0.3 is 6.03 Å². The van der Waals surface area contributed by atoms with Crippen LogP contribution in [0.4, 0.5) is 10.5 Å². The summed E-state index contributed by atoms with van der Waals surface area (Å²) in [6.45, 7) is 3.12. The number of hydrogen-bond donors (Lipinski definition) is 1. The lowest BCUT2D eigenvalue weighted by atomic mass is 9.95. The average molecular weight is 514 g/mol. The van der Waals surface area contributed by atoms with E-state index in [9.17, 15) is 4.79 Å². The Kier molecular flexibility index (Phi) is 6.38. The minimum absolute atomic E-state index is 0.124. The summed E-state index contributed by atoms with van der Waals surface area (Å²) in [5, 5.41) is 4.41. The van der Waals surface area contributed by atoms with Gasteiger partial charge in [-0.2, -0.15) is 0 Å². The first-order valence-corrected chi connectivity index (χ1v) is 13.7. The molecule has 0 bridgehead atoms.